The van der Waals surface area contributed by atoms with Crippen LogP contribution in [0.1, 0.15) is 45.1 Å². The number of nitrogens with one attached hydrogen (secondary N) is 1. The summed E-state index contributed by atoms with van der Waals surface area (Å²) in [6.07, 6.45) is 8.12. The van der Waals surface area contributed by atoms with Crippen molar-refractivity contribution in [3.8, 4) is 0 Å². The van der Waals surface area contributed by atoms with Gasteiger partial charge in [0.2, 0.25) is 5.91 Å². The molecule has 1 amide bonds. The summed E-state index contributed by atoms with van der Waals surface area (Å²) >= 11 is 0. The molecular formula is C21H34N4O. The summed E-state index contributed by atoms with van der Waals surface area (Å²) in [6.45, 7) is 11.0. The Morgan fingerprint density at radius 2 is 1.92 bits per heavy atom. The van der Waals surface area contributed by atoms with Gasteiger partial charge in [-0.15, -0.1) is 0 Å². The average Bonchev–Trinajstić information content (AvgIpc) is 2.67. The number of carbonyl (C=O) groups excluding carboxylic acids is 1. The Hall–Kier alpha value is -1.46. The van der Waals surface area contributed by atoms with Gasteiger partial charge in [-0.2, -0.15) is 0 Å². The predicted octanol–water partition coefficient (Wildman–Crippen LogP) is 2.53. The quantitative estimate of drug-likeness (QED) is 0.849. The predicted molar refractivity (Wildman–Crippen MR) is 105 cm³/mol. The molecule has 0 spiro atoms. The average molecular weight is 359 g/mol. The first-order chi connectivity index (χ1) is 12.6. The maximum absolute atomic E-state index is 12.4. The molecule has 0 bridgehead atoms. The molecule has 3 rings (SSSR count). The van der Waals surface area contributed by atoms with Crippen LogP contribution in [0, 0.1) is 11.8 Å². The molecule has 2 aliphatic rings. The molecule has 0 radical (unpaired) electrons. The first kappa shape index (κ1) is 19.3. The summed E-state index contributed by atoms with van der Waals surface area (Å²) in [7, 11) is 0. The van der Waals surface area contributed by atoms with Gasteiger partial charge in [-0.1, -0.05) is 19.9 Å². The lowest BCUT2D eigenvalue weighted by Crippen LogP contribution is -2.49. The molecule has 1 aromatic heterocycles. The van der Waals surface area contributed by atoms with E-state index in [1.54, 1.807) is 6.20 Å². The lowest BCUT2D eigenvalue weighted by Gasteiger charge is -2.41. The van der Waals surface area contributed by atoms with E-state index in [1.807, 2.05) is 18.3 Å². The van der Waals surface area contributed by atoms with Gasteiger partial charge in [-0.05, 0) is 69.4 Å². The van der Waals surface area contributed by atoms with Crippen molar-refractivity contribution in [1.29, 1.82) is 0 Å². The molecule has 0 saturated carbocycles. The lowest BCUT2D eigenvalue weighted by atomic mass is 9.92. The highest BCUT2D eigenvalue weighted by Crippen LogP contribution is 2.24. The molecule has 144 valence electrons. The fourth-order valence-electron chi connectivity index (χ4n) is 4.35. The summed E-state index contributed by atoms with van der Waals surface area (Å²) in [5.41, 5.74) is 1.06. The van der Waals surface area contributed by atoms with Crippen molar-refractivity contribution in [2.24, 2.45) is 11.8 Å². The summed E-state index contributed by atoms with van der Waals surface area (Å²) < 4.78 is 0. The van der Waals surface area contributed by atoms with Gasteiger partial charge in [-0.25, -0.2) is 0 Å². The molecular weight excluding hydrogens is 324 g/mol. The van der Waals surface area contributed by atoms with Gasteiger partial charge in [0.05, 0.1) is 0 Å². The van der Waals surface area contributed by atoms with Crippen LogP contribution < -0.4 is 5.32 Å². The second-order valence-electron chi connectivity index (χ2n) is 8.31. The number of hydrogen-bond acceptors (Lipinski definition) is 4. The molecule has 0 atom stereocenters. The van der Waals surface area contributed by atoms with E-state index in [-0.39, 0.29) is 11.8 Å². The van der Waals surface area contributed by atoms with Crippen LogP contribution in [0.5, 0.6) is 0 Å². The van der Waals surface area contributed by atoms with E-state index >= 15 is 0 Å². The van der Waals surface area contributed by atoms with Crippen molar-refractivity contribution in [2.75, 3.05) is 32.7 Å². The minimum absolute atomic E-state index is 0.170. The Morgan fingerprint density at radius 1 is 1.19 bits per heavy atom. The van der Waals surface area contributed by atoms with Gasteiger partial charge < -0.3 is 15.1 Å². The zero-order chi connectivity index (χ0) is 18.4. The molecule has 0 aliphatic carbocycles. The maximum Gasteiger partial charge on any atom is 0.223 e. The van der Waals surface area contributed by atoms with Gasteiger partial charge in [-0.3, -0.25) is 9.78 Å². The third-order valence-electron chi connectivity index (χ3n) is 5.79. The maximum atomic E-state index is 12.4. The standard InChI is InChI=1S/C21H34N4O/c1-17(2)16-24-10-7-20(8-11-24)25-12-5-19(6-13-25)21(26)23-15-18-4-3-9-22-14-18/h3-4,9,14,17,19-20H,5-8,10-13,15-16H2,1-2H3,(H,23,26). The Labute approximate surface area is 158 Å². The second kappa shape index (κ2) is 9.47. The summed E-state index contributed by atoms with van der Waals surface area (Å²) in [5, 5.41) is 3.08. The van der Waals surface area contributed by atoms with Gasteiger partial charge in [0.15, 0.2) is 0 Å². The van der Waals surface area contributed by atoms with Crippen LogP contribution in [0.15, 0.2) is 24.5 Å². The number of amides is 1. The van der Waals surface area contributed by atoms with Crippen molar-refractivity contribution >= 4 is 5.91 Å². The monoisotopic (exact) mass is 358 g/mol. The van der Waals surface area contributed by atoms with Gasteiger partial charge in [0, 0.05) is 37.4 Å². The highest BCUT2D eigenvalue weighted by Gasteiger charge is 2.30. The number of pyridine rings is 1. The molecule has 3 heterocycles. The smallest absolute Gasteiger partial charge is 0.223 e. The third-order valence-corrected chi connectivity index (χ3v) is 5.79. The molecule has 1 aromatic rings. The molecule has 26 heavy (non-hydrogen) atoms. The van der Waals surface area contributed by atoms with Gasteiger partial charge in [0.25, 0.3) is 0 Å². The van der Waals surface area contributed by atoms with E-state index in [4.69, 9.17) is 0 Å². The molecule has 2 saturated heterocycles. The third kappa shape index (κ3) is 5.52. The second-order valence-corrected chi connectivity index (χ2v) is 8.31. The Kier molecular flexibility index (Phi) is 7.03. The molecule has 2 aliphatic heterocycles. The van der Waals surface area contributed by atoms with Crippen molar-refractivity contribution in [3.63, 3.8) is 0 Å². The zero-order valence-corrected chi connectivity index (χ0v) is 16.4. The van der Waals surface area contributed by atoms with Crippen LogP contribution in [0.3, 0.4) is 0 Å². The van der Waals surface area contributed by atoms with Crippen molar-refractivity contribution < 1.29 is 4.79 Å². The van der Waals surface area contributed by atoms with Crippen LogP contribution in [0.4, 0.5) is 0 Å². The highest BCUT2D eigenvalue weighted by molar-refractivity contribution is 5.78. The topological polar surface area (TPSA) is 48.5 Å². The summed E-state index contributed by atoms with van der Waals surface area (Å²) in [6, 6.07) is 4.63. The van der Waals surface area contributed by atoms with E-state index in [9.17, 15) is 4.79 Å². The Balaban J connectivity index is 1.37. The van der Waals surface area contributed by atoms with E-state index in [0.29, 0.717) is 6.54 Å². The fourth-order valence-corrected chi connectivity index (χ4v) is 4.35. The summed E-state index contributed by atoms with van der Waals surface area (Å²) in [5.74, 6) is 1.14. The highest BCUT2D eigenvalue weighted by atomic mass is 16.1. The van der Waals surface area contributed by atoms with Crippen LogP contribution in [0.25, 0.3) is 0 Å². The van der Waals surface area contributed by atoms with Crippen molar-refractivity contribution in [3.05, 3.63) is 30.1 Å². The first-order valence-corrected chi connectivity index (χ1v) is 10.2. The number of nitrogens with zero attached hydrogens (tertiary/aromatic N) is 3. The largest absolute Gasteiger partial charge is 0.352 e. The lowest BCUT2D eigenvalue weighted by molar-refractivity contribution is -0.126. The first-order valence-electron chi connectivity index (χ1n) is 10.2. The van der Waals surface area contributed by atoms with E-state index < -0.39 is 0 Å². The number of aromatic nitrogens is 1. The molecule has 5 nitrogen and oxygen atoms in total. The Bertz CT molecular complexity index is 546. The minimum Gasteiger partial charge on any atom is -0.352 e. The number of rotatable bonds is 6. The number of hydrogen-bond donors (Lipinski definition) is 1. The molecule has 2 fully saturated rings. The van der Waals surface area contributed by atoms with Crippen molar-refractivity contribution in [1.82, 2.24) is 20.1 Å². The number of carbonyl (C=O) groups is 1. The van der Waals surface area contributed by atoms with Crippen LogP contribution in [-0.4, -0.2) is 59.5 Å². The van der Waals surface area contributed by atoms with Gasteiger partial charge >= 0.3 is 0 Å². The SMILES string of the molecule is CC(C)CN1CCC(N2CCC(C(=O)NCc3cccnc3)CC2)CC1. The van der Waals surface area contributed by atoms with E-state index in [1.165, 1.54) is 32.5 Å². The molecule has 1 N–H and O–H groups in total. The summed E-state index contributed by atoms with van der Waals surface area (Å²) in [4.78, 5) is 21.8. The molecule has 0 aromatic carbocycles. The van der Waals surface area contributed by atoms with E-state index in [0.717, 1.165) is 43.5 Å². The minimum atomic E-state index is 0.170. The fraction of sp³-hybridized carbons (Fsp3) is 0.714. The van der Waals surface area contributed by atoms with Crippen LogP contribution in [-0.2, 0) is 11.3 Å². The molecule has 0 unspecified atom stereocenters. The number of likely N-dealkylation sites (tertiary alicyclic amines) is 2. The van der Waals surface area contributed by atoms with E-state index in [2.05, 4.69) is 33.9 Å². The zero-order valence-electron chi connectivity index (χ0n) is 16.4. The molecule has 5 heteroatoms. The van der Waals surface area contributed by atoms with Crippen LogP contribution in [0.2, 0.25) is 0 Å². The van der Waals surface area contributed by atoms with Crippen molar-refractivity contribution in [2.45, 2.75) is 52.1 Å². The van der Waals surface area contributed by atoms with Gasteiger partial charge in [0.1, 0.15) is 0 Å². The number of piperidine rings is 2. The van der Waals surface area contributed by atoms with Crippen LogP contribution >= 0.6 is 0 Å². The Morgan fingerprint density at radius 3 is 2.54 bits per heavy atom. The normalized spacial score (nSPS) is 21.2.